The van der Waals surface area contributed by atoms with Crippen LogP contribution in [0.5, 0.6) is 0 Å². The Bertz CT molecular complexity index is 2800. The van der Waals surface area contributed by atoms with Crippen molar-refractivity contribution >= 4 is 43.2 Å². The van der Waals surface area contributed by atoms with Gasteiger partial charge in [0.2, 0.25) is 0 Å². The van der Waals surface area contributed by atoms with E-state index in [-0.39, 0.29) is 0 Å². The van der Waals surface area contributed by atoms with Crippen LogP contribution in [-0.4, -0.2) is 4.98 Å². The maximum atomic E-state index is 5.24. The molecule has 0 bridgehead atoms. The zero-order chi connectivity index (χ0) is 34.4. The minimum absolute atomic E-state index is 0.965. The topological polar surface area (TPSA) is 12.9 Å². The summed E-state index contributed by atoms with van der Waals surface area (Å²) in [6.45, 7) is 0. The second-order valence-corrected chi connectivity index (χ2v) is 13.7. The lowest BCUT2D eigenvalue weighted by Gasteiger charge is -2.13. The van der Waals surface area contributed by atoms with Gasteiger partial charge in [-0.05, 0) is 137 Å². The van der Waals surface area contributed by atoms with Crippen LogP contribution in [0.1, 0.15) is 0 Å². The summed E-state index contributed by atoms with van der Waals surface area (Å²) in [5, 5.41) is 8.48. The first-order valence-electron chi connectivity index (χ1n) is 17.8. The Morgan fingerprint density at radius 1 is 0.212 bits per heavy atom. The van der Waals surface area contributed by atoms with E-state index in [9.17, 15) is 0 Å². The van der Waals surface area contributed by atoms with Gasteiger partial charge in [0.25, 0.3) is 0 Å². The van der Waals surface area contributed by atoms with E-state index in [0.29, 0.717) is 0 Å². The lowest BCUT2D eigenvalue weighted by molar-refractivity contribution is 1.40. The smallest absolute Gasteiger partial charge is 0.0715 e. The Balaban J connectivity index is 1.10. The van der Waals surface area contributed by atoms with E-state index in [1.165, 1.54) is 76.8 Å². The van der Waals surface area contributed by atoms with E-state index in [4.69, 9.17) is 4.98 Å². The van der Waals surface area contributed by atoms with Crippen LogP contribution in [0.15, 0.2) is 200 Å². The fourth-order valence-electron chi connectivity index (χ4n) is 7.55. The molecule has 10 aromatic rings. The standard InChI is InChI=1S/C51H33N/c1-3-9-34(10-4-1)38-15-17-42-27-44(21-19-40(42)25-38)47-30-48(45-22-20-41-26-39(16-18-43(41)28-45)35-11-5-2-6-12-35)32-49(31-47)50-24-23-46-29-36-13-7-8-14-37(36)33-51(46)52-50/h1-33H. The van der Waals surface area contributed by atoms with Crippen molar-refractivity contribution in [3.8, 4) is 55.8 Å². The number of hydrogen-bond donors (Lipinski definition) is 0. The molecule has 0 atom stereocenters. The molecular formula is C51H33N. The molecule has 0 aliphatic carbocycles. The first kappa shape index (κ1) is 30.0. The van der Waals surface area contributed by atoms with Crippen LogP contribution in [0.25, 0.3) is 99.0 Å². The van der Waals surface area contributed by atoms with Crippen molar-refractivity contribution in [1.29, 1.82) is 0 Å². The Morgan fingerprint density at radius 2 is 0.596 bits per heavy atom. The largest absolute Gasteiger partial charge is 0.248 e. The average molecular weight is 660 g/mol. The number of aromatic nitrogens is 1. The minimum atomic E-state index is 0.965. The lowest BCUT2D eigenvalue weighted by atomic mass is 9.92. The molecule has 0 fully saturated rings. The number of benzene rings is 9. The van der Waals surface area contributed by atoms with E-state index in [1.54, 1.807) is 0 Å². The van der Waals surface area contributed by atoms with Crippen LogP contribution in [0, 0.1) is 0 Å². The maximum absolute atomic E-state index is 5.24. The number of pyridine rings is 1. The summed E-state index contributed by atoms with van der Waals surface area (Å²) in [6.07, 6.45) is 0. The van der Waals surface area contributed by atoms with Crippen molar-refractivity contribution in [1.82, 2.24) is 4.98 Å². The summed E-state index contributed by atoms with van der Waals surface area (Å²) in [4.78, 5) is 5.24. The Labute approximate surface area is 303 Å². The summed E-state index contributed by atoms with van der Waals surface area (Å²) < 4.78 is 0. The maximum Gasteiger partial charge on any atom is 0.0715 e. The van der Waals surface area contributed by atoms with Gasteiger partial charge >= 0.3 is 0 Å². The lowest BCUT2D eigenvalue weighted by Crippen LogP contribution is -1.90. The van der Waals surface area contributed by atoms with Crippen molar-refractivity contribution in [2.24, 2.45) is 0 Å². The highest BCUT2D eigenvalue weighted by Gasteiger charge is 2.12. The summed E-state index contributed by atoms with van der Waals surface area (Å²) in [5.41, 5.74) is 12.7. The van der Waals surface area contributed by atoms with Crippen LogP contribution >= 0.6 is 0 Å². The molecule has 0 saturated heterocycles. The third-order valence-corrected chi connectivity index (χ3v) is 10.3. The zero-order valence-electron chi connectivity index (χ0n) is 28.5. The molecule has 242 valence electrons. The minimum Gasteiger partial charge on any atom is -0.248 e. The molecule has 1 heterocycles. The van der Waals surface area contributed by atoms with E-state index < -0.39 is 0 Å². The molecule has 9 aromatic carbocycles. The van der Waals surface area contributed by atoms with Gasteiger partial charge in [-0.2, -0.15) is 0 Å². The van der Waals surface area contributed by atoms with Crippen LogP contribution in [0.2, 0.25) is 0 Å². The van der Waals surface area contributed by atoms with Crippen LogP contribution in [0.4, 0.5) is 0 Å². The molecule has 1 aromatic heterocycles. The summed E-state index contributed by atoms with van der Waals surface area (Å²) in [7, 11) is 0. The quantitative estimate of drug-likeness (QED) is 0.168. The summed E-state index contributed by atoms with van der Waals surface area (Å²) in [6, 6.07) is 72.6. The second-order valence-electron chi connectivity index (χ2n) is 13.7. The summed E-state index contributed by atoms with van der Waals surface area (Å²) in [5.74, 6) is 0. The Morgan fingerprint density at radius 3 is 1.10 bits per heavy atom. The van der Waals surface area contributed by atoms with Crippen molar-refractivity contribution in [2.45, 2.75) is 0 Å². The van der Waals surface area contributed by atoms with Gasteiger partial charge in [0.1, 0.15) is 0 Å². The number of hydrogen-bond acceptors (Lipinski definition) is 1. The van der Waals surface area contributed by atoms with Gasteiger partial charge < -0.3 is 0 Å². The van der Waals surface area contributed by atoms with Crippen molar-refractivity contribution in [3.05, 3.63) is 200 Å². The number of nitrogens with zero attached hydrogens (tertiary/aromatic N) is 1. The molecule has 0 spiro atoms. The molecule has 0 N–H and O–H groups in total. The van der Waals surface area contributed by atoms with E-state index in [2.05, 4.69) is 200 Å². The normalized spacial score (nSPS) is 11.5. The Hall–Kier alpha value is -6.83. The first-order valence-corrected chi connectivity index (χ1v) is 17.8. The summed E-state index contributed by atoms with van der Waals surface area (Å²) >= 11 is 0. The predicted octanol–water partition coefficient (Wildman–Crippen LogP) is 14.0. The fourth-order valence-corrected chi connectivity index (χ4v) is 7.55. The van der Waals surface area contributed by atoms with E-state index >= 15 is 0 Å². The van der Waals surface area contributed by atoms with Gasteiger partial charge in [-0.25, -0.2) is 4.98 Å². The zero-order valence-corrected chi connectivity index (χ0v) is 28.5. The molecule has 52 heavy (non-hydrogen) atoms. The second kappa shape index (κ2) is 12.5. The molecule has 1 nitrogen and oxygen atoms in total. The first-order chi connectivity index (χ1) is 25.7. The van der Waals surface area contributed by atoms with Crippen LogP contribution in [0.3, 0.4) is 0 Å². The number of rotatable bonds is 5. The highest BCUT2D eigenvalue weighted by atomic mass is 14.7. The fraction of sp³-hybridized carbons (Fsp3) is 0. The van der Waals surface area contributed by atoms with Gasteiger partial charge in [-0.15, -0.1) is 0 Å². The van der Waals surface area contributed by atoms with Gasteiger partial charge in [0, 0.05) is 10.9 Å². The van der Waals surface area contributed by atoms with Crippen LogP contribution in [-0.2, 0) is 0 Å². The molecule has 1 heteroatoms. The molecule has 0 unspecified atom stereocenters. The van der Waals surface area contributed by atoms with Crippen LogP contribution < -0.4 is 0 Å². The molecule has 0 aliphatic rings. The highest BCUT2D eigenvalue weighted by Crippen LogP contribution is 2.37. The van der Waals surface area contributed by atoms with Gasteiger partial charge in [-0.1, -0.05) is 140 Å². The monoisotopic (exact) mass is 659 g/mol. The van der Waals surface area contributed by atoms with Crippen molar-refractivity contribution < 1.29 is 0 Å². The van der Waals surface area contributed by atoms with E-state index in [0.717, 1.165) is 22.2 Å². The Kier molecular flexibility index (Phi) is 7.22. The average Bonchev–Trinajstić information content (AvgIpc) is 3.22. The third-order valence-electron chi connectivity index (χ3n) is 10.3. The third kappa shape index (κ3) is 5.59. The molecule has 10 rings (SSSR count). The van der Waals surface area contributed by atoms with E-state index in [1.807, 2.05) is 0 Å². The molecule has 0 amide bonds. The molecule has 0 saturated carbocycles. The van der Waals surface area contributed by atoms with Crippen molar-refractivity contribution in [3.63, 3.8) is 0 Å². The van der Waals surface area contributed by atoms with Gasteiger partial charge in [-0.3, -0.25) is 0 Å². The molecular weight excluding hydrogens is 627 g/mol. The van der Waals surface area contributed by atoms with Gasteiger partial charge in [0.15, 0.2) is 0 Å². The van der Waals surface area contributed by atoms with Gasteiger partial charge in [0.05, 0.1) is 11.2 Å². The SMILES string of the molecule is c1ccc(-c2ccc3cc(-c4cc(-c5ccc6cc(-c7ccccc7)ccc6c5)cc(-c5ccc6cc7ccccc7cc6n5)c4)ccc3c2)cc1. The number of fused-ring (bicyclic) bond motifs is 4. The highest BCUT2D eigenvalue weighted by molar-refractivity contribution is 5.98. The molecule has 0 radical (unpaired) electrons. The molecule has 0 aliphatic heterocycles. The predicted molar refractivity (Wildman–Crippen MR) is 221 cm³/mol. The van der Waals surface area contributed by atoms with Crippen molar-refractivity contribution in [2.75, 3.05) is 0 Å².